The van der Waals surface area contributed by atoms with E-state index in [1.165, 1.54) is 24.9 Å². The van der Waals surface area contributed by atoms with Crippen LogP contribution >= 0.6 is 22.6 Å². The molecule has 0 radical (unpaired) electrons. The maximum Gasteiger partial charge on any atom is 0.101 e. The van der Waals surface area contributed by atoms with Gasteiger partial charge in [-0.3, -0.25) is 4.90 Å². The molecule has 70 valence electrons. The topological polar surface area (TPSA) is 16.1 Å². The number of hydrogen-bond acceptors (Lipinski definition) is 2. The highest BCUT2D eigenvalue weighted by molar-refractivity contribution is 14.1. The minimum Gasteiger partial charge on any atom is -0.299 e. The van der Waals surface area contributed by atoms with Gasteiger partial charge in [-0.1, -0.05) is 6.07 Å². The Morgan fingerprint density at radius 3 is 2.92 bits per heavy atom. The van der Waals surface area contributed by atoms with Gasteiger partial charge in [-0.2, -0.15) is 0 Å². The molecule has 1 aromatic heterocycles. The van der Waals surface area contributed by atoms with E-state index in [1.54, 1.807) is 0 Å². The van der Waals surface area contributed by atoms with Crippen LogP contribution in [0.2, 0.25) is 0 Å². The van der Waals surface area contributed by atoms with E-state index in [2.05, 4.69) is 51.7 Å². The molecule has 0 unspecified atom stereocenters. The molecular formula is C10H13IN2. The first kappa shape index (κ1) is 9.40. The van der Waals surface area contributed by atoms with E-state index in [-0.39, 0.29) is 0 Å². The normalized spacial score (nSPS) is 23.7. The highest BCUT2D eigenvalue weighted by atomic mass is 127. The smallest absolute Gasteiger partial charge is 0.101 e. The molecule has 1 fully saturated rings. The molecule has 1 atom stereocenters. The molecule has 0 amide bonds. The molecule has 0 aromatic carbocycles. The summed E-state index contributed by atoms with van der Waals surface area (Å²) in [6.45, 7) is 1.22. The van der Waals surface area contributed by atoms with Gasteiger partial charge in [-0.05, 0) is 60.7 Å². The van der Waals surface area contributed by atoms with Crippen LogP contribution in [-0.4, -0.2) is 23.5 Å². The molecule has 0 saturated carbocycles. The third kappa shape index (κ3) is 2.02. The molecule has 2 heterocycles. The molecule has 2 nitrogen and oxygen atoms in total. The number of hydrogen-bond donors (Lipinski definition) is 0. The maximum atomic E-state index is 4.32. The van der Waals surface area contributed by atoms with Gasteiger partial charge in [0.15, 0.2) is 0 Å². The van der Waals surface area contributed by atoms with Crippen molar-refractivity contribution >= 4 is 22.6 Å². The van der Waals surface area contributed by atoms with Crippen molar-refractivity contribution in [2.45, 2.75) is 18.9 Å². The second-order valence-electron chi connectivity index (χ2n) is 3.55. The molecule has 1 aliphatic rings. The first-order chi connectivity index (χ1) is 6.27. The number of likely N-dealkylation sites (tertiary alicyclic amines) is 1. The van der Waals surface area contributed by atoms with Gasteiger partial charge < -0.3 is 0 Å². The number of rotatable bonds is 1. The van der Waals surface area contributed by atoms with Crippen molar-refractivity contribution in [2.24, 2.45) is 0 Å². The van der Waals surface area contributed by atoms with Crippen molar-refractivity contribution in [3.63, 3.8) is 0 Å². The molecule has 13 heavy (non-hydrogen) atoms. The predicted octanol–water partition coefficient (Wildman–Crippen LogP) is 2.45. The van der Waals surface area contributed by atoms with Crippen LogP contribution in [0.15, 0.2) is 18.3 Å². The number of aromatic nitrogens is 1. The van der Waals surface area contributed by atoms with Crippen LogP contribution in [0.25, 0.3) is 0 Å². The molecule has 1 aromatic rings. The summed E-state index contributed by atoms with van der Waals surface area (Å²) >= 11 is 2.24. The summed E-state index contributed by atoms with van der Waals surface area (Å²) in [6.07, 6.45) is 4.60. The van der Waals surface area contributed by atoms with E-state index < -0.39 is 0 Å². The van der Waals surface area contributed by atoms with Crippen molar-refractivity contribution in [3.8, 4) is 0 Å². The maximum absolute atomic E-state index is 4.32. The van der Waals surface area contributed by atoms with Crippen LogP contribution in [0.3, 0.4) is 0 Å². The third-order valence-corrected chi connectivity index (χ3v) is 3.29. The Morgan fingerprint density at radius 1 is 1.54 bits per heavy atom. The highest BCUT2D eigenvalue weighted by Crippen LogP contribution is 2.29. The molecule has 3 heteroatoms. The molecule has 2 rings (SSSR count). The Bertz CT molecular complexity index is 283. The van der Waals surface area contributed by atoms with E-state index >= 15 is 0 Å². The summed E-state index contributed by atoms with van der Waals surface area (Å²) in [5, 5.41) is 0. The second-order valence-corrected chi connectivity index (χ2v) is 4.66. The molecule has 0 N–H and O–H groups in total. The molecule has 0 bridgehead atoms. The van der Waals surface area contributed by atoms with Gasteiger partial charge in [0.05, 0.1) is 0 Å². The summed E-state index contributed by atoms with van der Waals surface area (Å²) in [5.74, 6) is 0. The second kappa shape index (κ2) is 3.92. The number of nitrogens with zero attached hydrogens (tertiary/aromatic N) is 2. The van der Waals surface area contributed by atoms with Crippen LogP contribution in [0.5, 0.6) is 0 Å². The number of pyridine rings is 1. The zero-order chi connectivity index (χ0) is 9.26. The van der Waals surface area contributed by atoms with Crippen LogP contribution in [-0.2, 0) is 0 Å². The molecular weight excluding hydrogens is 275 g/mol. The lowest BCUT2D eigenvalue weighted by atomic mass is 10.1. The van der Waals surface area contributed by atoms with Gasteiger partial charge in [0.25, 0.3) is 0 Å². The van der Waals surface area contributed by atoms with E-state index in [4.69, 9.17) is 0 Å². The fraction of sp³-hybridized carbons (Fsp3) is 0.500. The lowest BCUT2D eigenvalue weighted by molar-refractivity contribution is 0.317. The highest BCUT2D eigenvalue weighted by Gasteiger charge is 2.22. The molecule has 1 saturated heterocycles. The SMILES string of the molecule is CN1CCC[C@H]1c1ccc(I)nc1. The quantitative estimate of drug-likeness (QED) is 0.583. The predicted molar refractivity (Wildman–Crippen MR) is 61.6 cm³/mol. The Hall–Kier alpha value is -0.160. The Labute approximate surface area is 92.5 Å². The fourth-order valence-electron chi connectivity index (χ4n) is 1.92. The molecule has 0 aliphatic carbocycles. The Kier molecular flexibility index (Phi) is 2.83. The summed E-state index contributed by atoms with van der Waals surface area (Å²) < 4.78 is 1.07. The van der Waals surface area contributed by atoms with E-state index in [0.717, 1.165) is 3.70 Å². The van der Waals surface area contributed by atoms with Crippen molar-refractivity contribution in [1.29, 1.82) is 0 Å². The summed E-state index contributed by atoms with van der Waals surface area (Å²) in [7, 11) is 2.19. The zero-order valence-corrected chi connectivity index (χ0v) is 9.86. The minimum absolute atomic E-state index is 0.601. The van der Waals surface area contributed by atoms with Crippen LogP contribution < -0.4 is 0 Å². The Morgan fingerprint density at radius 2 is 2.38 bits per heavy atom. The summed E-state index contributed by atoms with van der Waals surface area (Å²) in [5.41, 5.74) is 1.36. The lowest BCUT2D eigenvalue weighted by Gasteiger charge is -2.19. The van der Waals surface area contributed by atoms with Gasteiger partial charge in [-0.15, -0.1) is 0 Å². The number of halogens is 1. The van der Waals surface area contributed by atoms with Crippen molar-refractivity contribution in [1.82, 2.24) is 9.88 Å². The standard InChI is InChI=1S/C10H13IN2/c1-13-6-2-3-9(13)8-4-5-10(11)12-7-8/h4-5,7,9H,2-3,6H2,1H3/t9-/m0/s1. The van der Waals surface area contributed by atoms with Crippen LogP contribution in [0, 0.1) is 3.70 Å². The minimum atomic E-state index is 0.601. The van der Waals surface area contributed by atoms with Gasteiger partial charge >= 0.3 is 0 Å². The first-order valence-corrected chi connectivity index (χ1v) is 5.67. The third-order valence-electron chi connectivity index (χ3n) is 2.66. The van der Waals surface area contributed by atoms with E-state index in [1.807, 2.05) is 6.20 Å². The molecule has 1 aliphatic heterocycles. The largest absolute Gasteiger partial charge is 0.299 e. The van der Waals surface area contributed by atoms with Crippen LogP contribution in [0.4, 0.5) is 0 Å². The van der Waals surface area contributed by atoms with E-state index in [9.17, 15) is 0 Å². The summed E-state index contributed by atoms with van der Waals surface area (Å²) in [4.78, 5) is 6.72. The van der Waals surface area contributed by atoms with Gasteiger partial charge in [-0.25, -0.2) is 4.98 Å². The van der Waals surface area contributed by atoms with Crippen molar-refractivity contribution < 1.29 is 0 Å². The zero-order valence-electron chi connectivity index (χ0n) is 7.70. The summed E-state index contributed by atoms with van der Waals surface area (Å²) in [6, 6.07) is 4.88. The van der Waals surface area contributed by atoms with Crippen molar-refractivity contribution in [3.05, 3.63) is 27.6 Å². The van der Waals surface area contributed by atoms with Crippen molar-refractivity contribution in [2.75, 3.05) is 13.6 Å². The van der Waals surface area contributed by atoms with Gasteiger partial charge in [0, 0.05) is 12.2 Å². The average Bonchev–Trinajstić information content (AvgIpc) is 2.53. The average molecular weight is 288 g/mol. The Balaban J connectivity index is 2.20. The van der Waals surface area contributed by atoms with Crippen LogP contribution in [0.1, 0.15) is 24.4 Å². The fourth-order valence-corrected chi connectivity index (χ4v) is 2.23. The first-order valence-electron chi connectivity index (χ1n) is 4.59. The lowest BCUT2D eigenvalue weighted by Crippen LogP contribution is -2.17. The van der Waals surface area contributed by atoms with Gasteiger partial charge in [0.2, 0.25) is 0 Å². The molecule has 0 spiro atoms. The van der Waals surface area contributed by atoms with E-state index in [0.29, 0.717) is 6.04 Å². The van der Waals surface area contributed by atoms with Gasteiger partial charge in [0.1, 0.15) is 3.70 Å². The monoisotopic (exact) mass is 288 g/mol.